The fourth-order valence-corrected chi connectivity index (χ4v) is 1.04. The van der Waals surface area contributed by atoms with E-state index in [9.17, 15) is 0 Å². The van der Waals surface area contributed by atoms with Crippen LogP contribution < -0.4 is 0 Å². The Balaban J connectivity index is 2.79. The van der Waals surface area contributed by atoms with Crippen molar-refractivity contribution in [2.24, 2.45) is 0 Å². The zero-order valence-electron chi connectivity index (χ0n) is 7.53. The second kappa shape index (κ2) is 5.36. The van der Waals surface area contributed by atoms with Gasteiger partial charge in [0.1, 0.15) is 12.7 Å². The number of hydrogen-bond donors (Lipinski definition) is 1. The van der Waals surface area contributed by atoms with Crippen LogP contribution in [0.25, 0.3) is 0 Å². The molecule has 1 unspecified atom stereocenters. The lowest BCUT2D eigenvalue weighted by Gasteiger charge is -2.07. The molecule has 0 saturated carbocycles. The number of benzene rings is 1. The van der Waals surface area contributed by atoms with Crippen molar-refractivity contribution in [3.8, 4) is 11.8 Å². The third kappa shape index (κ3) is 2.90. The van der Waals surface area contributed by atoms with Crippen LogP contribution in [0.4, 0.5) is 0 Å². The van der Waals surface area contributed by atoms with E-state index in [0.29, 0.717) is 0 Å². The fourth-order valence-electron chi connectivity index (χ4n) is 1.04. The van der Waals surface area contributed by atoms with Crippen LogP contribution >= 0.6 is 0 Å². The van der Waals surface area contributed by atoms with E-state index in [-0.39, 0.29) is 12.7 Å². The lowest BCUT2D eigenvalue weighted by molar-refractivity contribution is 0.150. The predicted molar refractivity (Wildman–Crippen MR) is 51.1 cm³/mol. The number of ether oxygens (including phenoxy) is 1. The van der Waals surface area contributed by atoms with Gasteiger partial charge in [-0.15, -0.1) is 0 Å². The SMILES string of the molecule is COC(C#CCO)c1ccccc1. The Kier molecular flexibility index (Phi) is 4.04. The van der Waals surface area contributed by atoms with Crippen LogP contribution in [-0.2, 0) is 4.74 Å². The summed E-state index contributed by atoms with van der Waals surface area (Å²) in [5.41, 5.74) is 1.01. The normalized spacial score (nSPS) is 11.5. The molecule has 1 aromatic carbocycles. The van der Waals surface area contributed by atoms with Gasteiger partial charge in [-0.05, 0) is 5.56 Å². The molecule has 0 saturated heterocycles. The summed E-state index contributed by atoms with van der Waals surface area (Å²) in [6.07, 6.45) is -0.242. The monoisotopic (exact) mass is 176 g/mol. The molecule has 1 rings (SSSR count). The van der Waals surface area contributed by atoms with Crippen LogP contribution in [0.5, 0.6) is 0 Å². The molecule has 2 nitrogen and oxygen atoms in total. The maximum absolute atomic E-state index is 8.53. The summed E-state index contributed by atoms with van der Waals surface area (Å²) in [6.45, 7) is -0.132. The first kappa shape index (κ1) is 9.79. The number of rotatable bonds is 2. The Morgan fingerprint density at radius 1 is 1.38 bits per heavy atom. The summed E-state index contributed by atoms with van der Waals surface area (Å²) >= 11 is 0. The first-order valence-electron chi connectivity index (χ1n) is 4.05. The Hall–Kier alpha value is -1.30. The molecule has 0 aromatic heterocycles. The first-order chi connectivity index (χ1) is 6.38. The van der Waals surface area contributed by atoms with Crippen molar-refractivity contribution in [2.75, 3.05) is 13.7 Å². The Morgan fingerprint density at radius 2 is 2.08 bits per heavy atom. The third-order valence-electron chi connectivity index (χ3n) is 1.65. The van der Waals surface area contributed by atoms with Crippen LogP contribution in [0.2, 0.25) is 0 Å². The van der Waals surface area contributed by atoms with Gasteiger partial charge >= 0.3 is 0 Å². The van der Waals surface area contributed by atoms with Crippen LogP contribution in [0, 0.1) is 11.8 Å². The van der Waals surface area contributed by atoms with Crippen molar-refractivity contribution < 1.29 is 9.84 Å². The Labute approximate surface area is 78.2 Å². The molecule has 0 aliphatic rings. The number of hydrogen-bond acceptors (Lipinski definition) is 2. The van der Waals surface area contributed by atoms with E-state index in [4.69, 9.17) is 9.84 Å². The highest BCUT2D eigenvalue weighted by Crippen LogP contribution is 2.14. The maximum atomic E-state index is 8.53. The van der Waals surface area contributed by atoms with Crippen LogP contribution in [0.1, 0.15) is 11.7 Å². The number of aliphatic hydroxyl groups is 1. The minimum atomic E-state index is -0.242. The fraction of sp³-hybridized carbons (Fsp3) is 0.273. The van der Waals surface area contributed by atoms with E-state index >= 15 is 0 Å². The lowest BCUT2D eigenvalue weighted by Crippen LogP contribution is -1.97. The third-order valence-corrected chi connectivity index (χ3v) is 1.65. The van der Waals surface area contributed by atoms with Gasteiger partial charge in [0.25, 0.3) is 0 Å². The zero-order chi connectivity index (χ0) is 9.52. The van der Waals surface area contributed by atoms with Crippen LogP contribution in [0.15, 0.2) is 30.3 Å². The molecule has 0 aliphatic heterocycles. The van der Waals surface area contributed by atoms with Crippen molar-refractivity contribution in [1.29, 1.82) is 0 Å². The molecule has 0 aliphatic carbocycles. The van der Waals surface area contributed by atoms with E-state index in [2.05, 4.69) is 11.8 Å². The molecule has 68 valence electrons. The number of methoxy groups -OCH3 is 1. The van der Waals surface area contributed by atoms with E-state index in [0.717, 1.165) is 5.56 Å². The zero-order valence-corrected chi connectivity index (χ0v) is 7.53. The quantitative estimate of drug-likeness (QED) is 0.689. The van der Waals surface area contributed by atoms with Gasteiger partial charge in [0.05, 0.1) is 0 Å². The summed E-state index contributed by atoms with van der Waals surface area (Å²) in [7, 11) is 1.60. The molecule has 0 heterocycles. The molecule has 0 fully saturated rings. The van der Waals surface area contributed by atoms with Gasteiger partial charge in [-0.1, -0.05) is 42.2 Å². The first-order valence-corrected chi connectivity index (χ1v) is 4.05. The second-order valence-corrected chi connectivity index (χ2v) is 2.51. The average molecular weight is 176 g/mol. The summed E-state index contributed by atoms with van der Waals surface area (Å²) in [5, 5.41) is 8.53. The molecule has 13 heavy (non-hydrogen) atoms. The van der Waals surface area contributed by atoms with Crippen LogP contribution in [-0.4, -0.2) is 18.8 Å². The molecular weight excluding hydrogens is 164 g/mol. The lowest BCUT2D eigenvalue weighted by atomic mass is 10.1. The van der Waals surface area contributed by atoms with Crippen molar-refractivity contribution in [3.63, 3.8) is 0 Å². The van der Waals surface area contributed by atoms with E-state index in [1.165, 1.54) is 0 Å². The topological polar surface area (TPSA) is 29.5 Å². The average Bonchev–Trinajstić information content (AvgIpc) is 2.21. The predicted octanol–water partition coefficient (Wildman–Crippen LogP) is 1.37. The van der Waals surface area contributed by atoms with Gasteiger partial charge in [0, 0.05) is 7.11 Å². The van der Waals surface area contributed by atoms with Gasteiger partial charge in [-0.3, -0.25) is 0 Å². The highest BCUT2D eigenvalue weighted by atomic mass is 16.5. The summed E-state index contributed by atoms with van der Waals surface area (Å²) in [6, 6.07) is 9.69. The molecular formula is C11H12O2. The van der Waals surface area contributed by atoms with Crippen molar-refractivity contribution >= 4 is 0 Å². The Bertz CT molecular complexity index is 295. The second-order valence-electron chi connectivity index (χ2n) is 2.51. The molecule has 0 bridgehead atoms. The summed E-state index contributed by atoms with van der Waals surface area (Å²) in [4.78, 5) is 0. The molecule has 0 radical (unpaired) electrons. The maximum Gasteiger partial charge on any atom is 0.143 e. The highest BCUT2D eigenvalue weighted by molar-refractivity contribution is 5.25. The van der Waals surface area contributed by atoms with Crippen LogP contribution in [0.3, 0.4) is 0 Å². The van der Waals surface area contributed by atoms with Crippen molar-refractivity contribution in [3.05, 3.63) is 35.9 Å². The number of aliphatic hydroxyl groups excluding tert-OH is 1. The van der Waals surface area contributed by atoms with Crippen molar-refractivity contribution in [2.45, 2.75) is 6.10 Å². The van der Waals surface area contributed by atoms with Gasteiger partial charge in [0.2, 0.25) is 0 Å². The van der Waals surface area contributed by atoms with E-state index in [1.807, 2.05) is 30.3 Å². The molecule has 0 amide bonds. The molecule has 1 N–H and O–H groups in total. The molecule has 1 atom stereocenters. The van der Waals surface area contributed by atoms with Gasteiger partial charge in [-0.2, -0.15) is 0 Å². The van der Waals surface area contributed by atoms with Gasteiger partial charge in [0.15, 0.2) is 0 Å². The molecule has 0 spiro atoms. The summed E-state index contributed by atoms with van der Waals surface area (Å²) in [5.74, 6) is 5.39. The Morgan fingerprint density at radius 3 is 2.62 bits per heavy atom. The van der Waals surface area contributed by atoms with Gasteiger partial charge in [-0.25, -0.2) is 0 Å². The van der Waals surface area contributed by atoms with Crippen molar-refractivity contribution in [1.82, 2.24) is 0 Å². The van der Waals surface area contributed by atoms with E-state index in [1.54, 1.807) is 7.11 Å². The smallest absolute Gasteiger partial charge is 0.143 e. The minimum Gasteiger partial charge on any atom is -0.384 e. The molecule has 1 aromatic rings. The minimum absolute atomic E-state index is 0.132. The highest BCUT2D eigenvalue weighted by Gasteiger charge is 2.04. The molecule has 2 heteroatoms. The standard InChI is InChI=1S/C11H12O2/c1-13-11(8-5-9-12)10-6-3-2-4-7-10/h2-4,6-7,11-12H,9H2,1H3. The van der Waals surface area contributed by atoms with Gasteiger partial charge < -0.3 is 9.84 Å². The van der Waals surface area contributed by atoms with E-state index < -0.39 is 0 Å². The summed E-state index contributed by atoms with van der Waals surface area (Å²) < 4.78 is 5.15. The largest absolute Gasteiger partial charge is 0.384 e.